The number of hydrogen-bond donors (Lipinski definition) is 2. The fourth-order valence-electron chi connectivity index (χ4n) is 3.47. The van der Waals surface area contributed by atoms with E-state index in [0.717, 1.165) is 36.2 Å². The van der Waals surface area contributed by atoms with Gasteiger partial charge in [0.25, 0.3) is 0 Å². The molecule has 144 valence electrons. The lowest BCUT2D eigenvalue weighted by atomic mass is 10.00. The van der Waals surface area contributed by atoms with E-state index in [1.54, 1.807) is 18.3 Å². The molecule has 0 radical (unpaired) electrons. The second-order valence-corrected chi connectivity index (χ2v) is 6.60. The molecular formula is C19H23Cl2N5O. The first-order valence-electron chi connectivity index (χ1n) is 8.62. The van der Waals surface area contributed by atoms with Crippen molar-refractivity contribution in [2.24, 2.45) is 11.7 Å². The molecule has 1 aliphatic heterocycles. The number of halogens is 2. The SMILES string of the molecule is Cl.Cl.NC(=O)c1ccnc(-c2cc3ccn(CC4CCCNC4)c3cn2)c1. The van der Waals surface area contributed by atoms with Gasteiger partial charge in [-0.25, -0.2) is 0 Å². The van der Waals surface area contributed by atoms with Crippen LogP contribution in [0.5, 0.6) is 0 Å². The predicted octanol–water partition coefficient (Wildman–Crippen LogP) is 3.04. The lowest BCUT2D eigenvalue weighted by Crippen LogP contribution is -2.32. The molecule has 1 atom stereocenters. The zero-order chi connectivity index (χ0) is 17.2. The van der Waals surface area contributed by atoms with Crippen LogP contribution in [0.4, 0.5) is 0 Å². The molecule has 4 rings (SSSR count). The van der Waals surface area contributed by atoms with E-state index in [1.165, 1.54) is 12.8 Å². The maximum atomic E-state index is 11.4. The van der Waals surface area contributed by atoms with E-state index in [9.17, 15) is 4.79 Å². The van der Waals surface area contributed by atoms with E-state index in [4.69, 9.17) is 5.73 Å². The van der Waals surface area contributed by atoms with Crippen molar-refractivity contribution in [3.8, 4) is 11.4 Å². The minimum absolute atomic E-state index is 0. The largest absolute Gasteiger partial charge is 0.366 e. The number of hydrogen-bond acceptors (Lipinski definition) is 4. The van der Waals surface area contributed by atoms with Crippen molar-refractivity contribution in [2.75, 3.05) is 13.1 Å². The number of nitrogens with zero attached hydrogens (tertiary/aromatic N) is 3. The quantitative estimate of drug-likeness (QED) is 0.695. The van der Waals surface area contributed by atoms with E-state index in [2.05, 4.69) is 32.1 Å². The van der Waals surface area contributed by atoms with E-state index in [1.807, 2.05) is 12.3 Å². The van der Waals surface area contributed by atoms with Crippen LogP contribution in [0.2, 0.25) is 0 Å². The monoisotopic (exact) mass is 407 g/mol. The maximum Gasteiger partial charge on any atom is 0.248 e. The summed E-state index contributed by atoms with van der Waals surface area (Å²) in [7, 11) is 0. The van der Waals surface area contributed by atoms with Crippen molar-refractivity contribution >= 4 is 41.6 Å². The Labute approximate surface area is 170 Å². The van der Waals surface area contributed by atoms with Crippen LogP contribution in [0.15, 0.2) is 42.9 Å². The number of amides is 1. The smallest absolute Gasteiger partial charge is 0.248 e. The molecule has 1 saturated heterocycles. The van der Waals surface area contributed by atoms with Crippen LogP contribution in [0, 0.1) is 5.92 Å². The number of carbonyl (C=O) groups is 1. The molecule has 0 aliphatic carbocycles. The minimum Gasteiger partial charge on any atom is -0.366 e. The normalized spacial score (nSPS) is 16.4. The number of piperidine rings is 1. The summed E-state index contributed by atoms with van der Waals surface area (Å²) in [4.78, 5) is 20.2. The van der Waals surface area contributed by atoms with Crippen molar-refractivity contribution in [1.82, 2.24) is 19.9 Å². The Kier molecular flexibility index (Phi) is 7.18. The number of aromatic nitrogens is 3. The Morgan fingerprint density at radius 3 is 2.78 bits per heavy atom. The molecule has 4 heterocycles. The van der Waals surface area contributed by atoms with Gasteiger partial charge in [-0.1, -0.05) is 0 Å². The number of primary amides is 1. The minimum atomic E-state index is -0.461. The number of fused-ring (bicyclic) bond motifs is 1. The molecule has 3 aromatic rings. The van der Waals surface area contributed by atoms with E-state index < -0.39 is 5.91 Å². The van der Waals surface area contributed by atoms with E-state index >= 15 is 0 Å². The second kappa shape index (κ2) is 9.17. The first-order chi connectivity index (χ1) is 12.2. The maximum absolute atomic E-state index is 11.4. The summed E-state index contributed by atoms with van der Waals surface area (Å²) in [5.41, 5.74) is 8.31. The number of pyridine rings is 2. The number of rotatable bonds is 4. The molecule has 0 saturated carbocycles. The third kappa shape index (κ3) is 4.58. The average molecular weight is 408 g/mol. The molecule has 27 heavy (non-hydrogen) atoms. The van der Waals surface area contributed by atoms with Crippen LogP contribution in [0.25, 0.3) is 22.3 Å². The third-order valence-electron chi connectivity index (χ3n) is 4.82. The van der Waals surface area contributed by atoms with Gasteiger partial charge in [0, 0.05) is 29.9 Å². The first kappa shape index (κ1) is 21.2. The van der Waals surface area contributed by atoms with Gasteiger partial charge >= 0.3 is 0 Å². The van der Waals surface area contributed by atoms with Gasteiger partial charge in [-0.3, -0.25) is 14.8 Å². The number of nitrogens with one attached hydrogen (secondary N) is 1. The molecule has 8 heteroatoms. The molecule has 0 aromatic carbocycles. The van der Waals surface area contributed by atoms with Gasteiger partial charge in [0.1, 0.15) is 0 Å². The fraction of sp³-hybridized carbons (Fsp3) is 0.316. The zero-order valence-corrected chi connectivity index (χ0v) is 16.4. The van der Waals surface area contributed by atoms with Crippen LogP contribution in [0.3, 0.4) is 0 Å². The highest BCUT2D eigenvalue weighted by Gasteiger charge is 2.15. The third-order valence-corrected chi connectivity index (χ3v) is 4.82. The van der Waals surface area contributed by atoms with Crippen LogP contribution >= 0.6 is 24.8 Å². The summed E-state index contributed by atoms with van der Waals surface area (Å²) in [6.07, 6.45) is 8.11. The second-order valence-electron chi connectivity index (χ2n) is 6.60. The van der Waals surface area contributed by atoms with Gasteiger partial charge in [-0.05, 0) is 56.1 Å². The Morgan fingerprint density at radius 2 is 2.04 bits per heavy atom. The number of carbonyl (C=O) groups excluding carboxylic acids is 1. The molecule has 1 unspecified atom stereocenters. The van der Waals surface area contributed by atoms with Gasteiger partial charge in [0.15, 0.2) is 0 Å². The summed E-state index contributed by atoms with van der Waals surface area (Å²) in [6, 6.07) is 7.41. The predicted molar refractivity (Wildman–Crippen MR) is 112 cm³/mol. The van der Waals surface area contributed by atoms with E-state index in [0.29, 0.717) is 17.2 Å². The van der Waals surface area contributed by atoms with Crippen LogP contribution in [-0.2, 0) is 6.54 Å². The Morgan fingerprint density at radius 1 is 1.22 bits per heavy atom. The average Bonchev–Trinajstić information content (AvgIpc) is 3.05. The van der Waals surface area contributed by atoms with Gasteiger partial charge in [-0.2, -0.15) is 0 Å². The molecule has 1 aliphatic rings. The lowest BCUT2D eigenvalue weighted by molar-refractivity contribution is 0.1000. The Hall–Kier alpha value is -2.15. The van der Waals surface area contributed by atoms with Crippen LogP contribution < -0.4 is 11.1 Å². The zero-order valence-electron chi connectivity index (χ0n) is 14.8. The molecular weight excluding hydrogens is 385 g/mol. The first-order valence-corrected chi connectivity index (χ1v) is 8.62. The molecule has 0 bridgehead atoms. The molecule has 0 spiro atoms. The van der Waals surface area contributed by atoms with Crippen molar-refractivity contribution in [1.29, 1.82) is 0 Å². The summed E-state index contributed by atoms with van der Waals surface area (Å²) in [5.74, 6) is 0.204. The van der Waals surface area contributed by atoms with Crippen molar-refractivity contribution in [3.05, 3.63) is 48.4 Å². The standard InChI is InChI=1S/C19H21N5O.2ClH/c20-19(25)15-3-6-22-16(9-15)17-8-14-4-7-24(18(14)11-23-17)12-13-2-1-5-21-10-13;;/h3-4,6-9,11,13,21H,1-2,5,10,12H2,(H2,20,25);2*1H. The lowest BCUT2D eigenvalue weighted by Gasteiger charge is -2.23. The Balaban J connectivity index is 0.00000131. The molecule has 6 nitrogen and oxygen atoms in total. The van der Waals surface area contributed by atoms with Crippen molar-refractivity contribution in [3.63, 3.8) is 0 Å². The molecule has 1 fully saturated rings. The molecule has 3 N–H and O–H groups in total. The van der Waals surface area contributed by atoms with Gasteiger partial charge in [0.2, 0.25) is 5.91 Å². The van der Waals surface area contributed by atoms with E-state index in [-0.39, 0.29) is 24.8 Å². The van der Waals surface area contributed by atoms with Gasteiger partial charge < -0.3 is 15.6 Å². The highest BCUT2D eigenvalue weighted by molar-refractivity contribution is 5.93. The Bertz CT molecular complexity index is 921. The van der Waals surface area contributed by atoms with Crippen LogP contribution in [0.1, 0.15) is 23.2 Å². The summed E-state index contributed by atoms with van der Waals surface area (Å²) < 4.78 is 2.27. The fourth-order valence-corrected chi connectivity index (χ4v) is 3.47. The molecule has 3 aromatic heterocycles. The van der Waals surface area contributed by atoms with Crippen LogP contribution in [-0.4, -0.2) is 33.5 Å². The highest BCUT2D eigenvalue weighted by atomic mass is 35.5. The summed E-state index contributed by atoms with van der Waals surface area (Å²) in [5, 5.41) is 4.59. The summed E-state index contributed by atoms with van der Waals surface area (Å²) in [6.45, 7) is 3.22. The summed E-state index contributed by atoms with van der Waals surface area (Å²) >= 11 is 0. The van der Waals surface area contributed by atoms with Gasteiger partial charge in [0.05, 0.1) is 23.1 Å². The van der Waals surface area contributed by atoms with Crippen molar-refractivity contribution < 1.29 is 4.79 Å². The topological polar surface area (TPSA) is 85.8 Å². The number of nitrogens with two attached hydrogens (primary N) is 1. The highest BCUT2D eigenvalue weighted by Crippen LogP contribution is 2.23. The van der Waals surface area contributed by atoms with Crippen molar-refractivity contribution in [2.45, 2.75) is 19.4 Å². The molecule has 1 amide bonds. The van der Waals surface area contributed by atoms with Gasteiger partial charge in [-0.15, -0.1) is 24.8 Å².